The molecule has 2 aromatic rings. The highest BCUT2D eigenvalue weighted by atomic mass is 35.5. The van der Waals surface area contributed by atoms with Crippen molar-refractivity contribution in [3.8, 4) is 5.88 Å². The van der Waals surface area contributed by atoms with E-state index in [1.165, 1.54) is 0 Å². The Kier molecular flexibility index (Phi) is 4.23. The molecule has 0 saturated carbocycles. The van der Waals surface area contributed by atoms with Gasteiger partial charge < -0.3 is 9.30 Å². The van der Waals surface area contributed by atoms with E-state index in [1.54, 1.807) is 7.11 Å². The second kappa shape index (κ2) is 5.60. The second-order valence-corrected chi connectivity index (χ2v) is 6.33. The van der Waals surface area contributed by atoms with Crippen LogP contribution in [0.3, 0.4) is 0 Å². The number of hydrogen-bond acceptors (Lipinski definition) is 3. The van der Waals surface area contributed by atoms with Gasteiger partial charge in [0.05, 0.1) is 12.5 Å². The summed E-state index contributed by atoms with van der Waals surface area (Å²) in [5.74, 6) is 1.46. The van der Waals surface area contributed by atoms with Crippen LogP contribution in [0.2, 0.25) is 0 Å². The summed E-state index contributed by atoms with van der Waals surface area (Å²) in [5, 5.41) is -0.161. The van der Waals surface area contributed by atoms with Crippen LogP contribution in [0.5, 0.6) is 5.88 Å². The fourth-order valence-corrected chi connectivity index (χ4v) is 2.80. The Bertz CT molecular complexity index is 604. The molecule has 0 N–H and O–H groups in total. The molecule has 0 aromatic carbocycles. The summed E-state index contributed by atoms with van der Waals surface area (Å²) >= 11 is 6.32. The van der Waals surface area contributed by atoms with E-state index < -0.39 is 0 Å². The minimum Gasteiger partial charge on any atom is -0.481 e. The zero-order valence-corrected chi connectivity index (χ0v) is 13.5. The average Bonchev–Trinajstić information content (AvgIpc) is 2.77. The molecule has 4 nitrogen and oxygen atoms in total. The van der Waals surface area contributed by atoms with Crippen molar-refractivity contribution in [1.82, 2.24) is 14.5 Å². The lowest BCUT2D eigenvalue weighted by Gasteiger charge is -2.29. The summed E-state index contributed by atoms with van der Waals surface area (Å²) in [7, 11) is 1.62. The van der Waals surface area contributed by atoms with Crippen molar-refractivity contribution < 1.29 is 4.74 Å². The Labute approximate surface area is 125 Å². The van der Waals surface area contributed by atoms with Crippen LogP contribution >= 0.6 is 11.6 Å². The highest BCUT2D eigenvalue weighted by Crippen LogP contribution is 2.33. The Morgan fingerprint density at radius 2 is 2.05 bits per heavy atom. The number of ether oxygens (including phenoxy) is 1. The maximum Gasteiger partial charge on any atom is 0.215 e. The first kappa shape index (κ1) is 15.1. The van der Waals surface area contributed by atoms with Crippen molar-refractivity contribution in [3.63, 3.8) is 0 Å². The number of fused-ring (bicyclic) bond motifs is 1. The predicted octanol–water partition coefficient (Wildman–Crippen LogP) is 4.27. The number of pyridine rings is 1. The third-order valence-corrected chi connectivity index (χ3v) is 3.73. The van der Waals surface area contributed by atoms with Crippen LogP contribution in [-0.2, 0) is 5.54 Å². The van der Waals surface area contributed by atoms with Crippen LogP contribution in [0.1, 0.15) is 51.7 Å². The summed E-state index contributed by atoms with van der Waals surface area (Å²) in [5.41, 5.74) is 1.62. The molecule has 0 radical (unpaired) electrons. The van der Waals surface area contributed by atoms with Gasteiger partial charge in [-0.15, -0.1) is 11.6 Å². The predicted molar refractivity (Wildman–Crippen MR) is 82.6 cm³/mol. The first-order valence-corrected chi connectivity index (χ1v) is 7.42. The molecule has 1 atom stereocenters. The SMILES string of the molecule is CCCC(C)(C)n1c(C(C)Cl)nc2ccc(OC)nc21. The molecule has 0 fully saturated rings. The highest BCUT2D eigenvalue weighted by molar-refractivity contribution is 6.20. The maximum absolute atomic E-state index is 6.32. The molecule has 2 aromatic heterocycles. The Morgan fingerprint density at radius 1 is 1.35 bits per heavy atom. The van der Waals surface area contributed by atoms with Gasteiger partial charge in [0, 0.05) is 11.6 Å². The van der Waals surface area contributed by atoms with E-state index in [0.717, 1.165) is 29.8 Å². The van der Waals surface area contributed by atoms with Gasteiger partial charge in [0.15, 0.2) is 5.65 Å². The molecule has 5 heteroatoms. The topological polar surface area (TPSA) is 39.9 Å². The molecule has 2 heterocycles. The molecular weight excluding hydrogens is 274 g/mol. The fraction of sp³-hybridized carbons (Fsp3) is 0.600. The molecule has 1 unspecified atom stereocenters. The van der Waals surface area contributed by atoms with Gasteiger partial charge in [-0.25, -0.2) is 4.98 Å². The lowest BCUT2D eigenvalue weighted by Crippen LogP contribution is -2.28. The smallest absolute Gasteiger partial charge is 0.215 e. The van der Waals surface area contributed by atoms with Crippen LogP contribution in [0.4, 0.5) is 0 Å². The molecule has 0 aliphatic carbocycles. The van der Waals surface area contributed by atoms with Crippen LogP contribution in [0.15, 0.2) is 12.1 Å². The van der Waals surface area contributed by atoms with Crippen LogP contribution in [-0.4, -0.2) is 21.6 Å². The molecule has 0 aliphatic rings. The summed E-state index contributed by atoms with van der Waals surface area (Å²) < 4.78 is 7.39. The van der Waals surface area contributed by atoms with Crippen LogP contribution in [0, 0.1) is 0 Å². The van der Waals surface area contributed by atoms with Crippen molar-refractivity contribution >= 4 is 22.8 Å². The number of methoxy groups -OCH3 is 1. The van der Waals surface area contributed by atoms with Gasteiger partial charge in [0.25, 0.3) is 0 Å². The highest BCUT2D eigenvalue weighted by Gasteiger charge is 2.28. The molecule has 110 valence electrons. The van der Waals surface area contributed by atoms with Gasteiger partial charge >= 0.3 is 0 Å². The van der Waals surface area contributed by atoms with E-state index in [0.29, 0.717) is 5.88 Å². The van der Waals surface area contributed by atoms with E-state index >= 15 is 0 Å². The molecular formula is C15H22ClN3O. The summed E-state index contributed by atoms with van der Waals surface area (Å²) in [6, 6.07) is 3.76. The number of halogens is 1. The molecule has 20 heavy (non-hydrogen) atoms. The monoisotopic (exact) mass is 295 g/mol. The zero-order valence-electron chi connectivity index (χ0n) is 12.8. The summed E-state index contributed by atoms with van der Waals surface area (Å²) in [6.45, 7) is 8.51. The van der Waals surface area contributed by atoms with E-state index in [-0.39, 0.29) is 10.9 Å². The van der Waals surface area contributed by atoms with Gasteiger partial charge in [-0.05, 0) is 33.3 Å². The van der Waals surface area contributed by atoms with E-state index in [2.05, 4.69) is 35.3 Å². The minimum atomic E-state index is -0.161. The molecule has 0 saturated heterocycles. The Hall–Kier alpha value is -1.29. The minimum absolute atomic E-state index is 0.0820. The van der Waals surface area contributed by atoms with Crippen molar-refractivity contribution in [1.29, 1.82) is 0 Å². The molecule has 0 aliphatic heterocycles. The first-order valence-electron chi connectivity index (χ1n) is 6.98. The standard InChI is InChI=1S/C15H22ClN3O/c1-6-9-15(3,4)19-13(10(2)16)17-11-7-8-12(20-5)18-14(11)19/h7-8,10H,6,9H2,1-5H3. The van der Waals surface area contributed by atoms with E-state index in [1.807, 2.05) is 19.1 Å². The molecule has 0 amide bonds. The quantitative estimate of drug-likeness (QED) is 0.773. The van der Waals surface area contributed by atoms with Crippen molar-refractivity contribution in [2.24, 2.45) is 0 Å². The lowest BCUT2D eigenvalue weighted by atomic mass is 9.98. The normalized spacial score (nSPS) is 13.7. The van der Waals surface area contributed by atoms with Gasteiger partial charge in [0.2, 0.25) is 5.88 Å². The van der Waals surface area contributed by atoms with Crippen LogP contribution in [0.25, 0.3) is 11.2 Å². The molecule has 0 spiro atoms. The number of alkyl halides is 1. The van der Waals surface area contributed by atoms with Crippen molar-refractivity contribution in [3.05, 3.63) is 18.0 Å². The number of aromatic nitrogens is 3. The zero-order chi connectivity index (χ0) is 14.9. The van der Waals surface area contributed by atoms with Gasteiger partial charge in [0.1, 0.15) is 11.3 Å². The maximum atomic E-state index is 6.32. The lowest BCUT2D eigenvalue weighted by molar-refractivity contribution is 0.320. The number of hydrogen-bond donors (Lipinski definition) is 0. The van der Waals surface area contributed by atoms with Gasteiger partial charge in [-0.1, -0.05) is 13.3 Å². The van der Waals surface area contributed by atoms with E-state index in [9.17, 15) is 0 Å². The van der Waals surface area contributed by atoms with Crippen LogP contribution < -0.4 is 4.74 Å². The number of imidazole rings is 1. The molecule has 0 bridgehead atoms. The van der Waals surface area contributed by atoms with Crippen molar-refractivity contribution in [2.75, 3.05) is 7.11 Å². The first-order chi connectivity index (χ1) is 9.40. The largest absolute Gasteiger partial charge is 0.481 e. The van der Waals surface area contributed by atoms with Gasteiger partial charge in [-0.2, -0.15) is 4.98 Å². The number of nitrogens with zero attached hydrogens (tertiary/aromatic N) is 3. The van der Waals surface area contributed by atoms with E-state index in [4.69, 9.17) is 16.3 Å². The second-order valence-electron chi connectivity index (χ2n) is 5.68. The van der Waals surface area contributed by atoms with Crippen molar-refractivity contribution in [2.45, 2.75) is 51.5 Å². The number of rotatable bonds is 5. The summed E-state index contributed by atoms with van der Waals surface area (Å²) in [4.78, 5) is 9.21. The third-order valence-electron chi connectivity index (χ3n) is 3.54. The Balaban J connectivity index is 2.72. The molecule has 2 rings (SSSR count). The third kappa shape index (κ3) is 2.62. The van der Waals surface area contributed by atoms with Gasteiger partial charge in [-0.3, -0.25) is 0 Å². The fourth-order valence-electron chi connectivity index (χ4n) is 2.66. The Morgan fingerprint density at radius 3 is 2.60 bits per heavy atom. The summed E-state index contributed by atoms with van der Waals surface area (Å²) in [6.07, 6.45) is 2.13. The average molecular weight is 296 g/mol.